The molecule has 0 aliphatic carbocycles. The standard InChI is InChI=1S/C41H50F2/c1-3-5-7-9-11-13-15-17-19-35-22-26-37(27-23-35)30-31-39-40(42)32-38(33-41(39)43)29-28-36-24-20-34(21-25-36)18-16-14-12-10-8-6-4-2/h20-27,32-33H,3-19H2,1-2H3. The molecule has 0 amide bonds. The molecule has 3 aromatic carbocycles. The molecule has 0 heterocycles. The first-order valence-electron chi connectivity index (χ1n) is 16.8. The summed E-state index contributed by atoms with van der Waals surface area (Å²) < 4.78 is 29.5. The van der Waals surface area contributed by atoms with Gasteiger partial charge in [-0.05, 0) is 73.2 Å². The Morgan fingerprint density at radius 2 is 0.767 bits per heavy atom. The van der Waals surface area contributed by atoms with Crippen LogP contribution in [0.1, 0.15) is 144 Å². The molecule has 0 aromatic heterocycles. The first-order chi connectivity index (χ1) is 21.1. The Morgan fingerprint density at radius 1 is 0.419 bits per heavy atom. The van der Waals surface area contributed by atoms with Crippen molar-refractivity contribution >= 4 is 0 Å². The summed E-state index contributed by atoms with van der Waals surface area (Å²) in [6, 6.07) is 18.7. The minimum atomic E-state index is -0.687. The van der Waals surface area contributed by atoms with Crippen LogP contribution in [0.5, 0.6) is 0 Å². The van der Waals surface area contributed by atoms with Crippen LogP contribution in [0, 0.1) is 35.3 Å². The van der Waals surface area contributed by atoms with Crippen molar-refractivity contribution in [2.24, 2.45) is 0 Å². The minimum absolute atomic E-state index is 0.219. The maximum atomic E-state index is 14.8. The van der Waals surface area contributed by atoms with Crippen molar-refractivity contribution in [3.63, 3.8) is 0 Å². The highest BCUT2D eigenvalue weighted by Gasteiger charge is 2.08. The molecule has 0 bridgehead atoms. The van der Waals surface area contributed by atoms with Crippen LogP contribution in [0.15, 0.2) is 60.7 Å². The van der Waals surface area contributed by atoms with Crippen LogP contribution >= 0.6 is 0 Å². The van der Waals surface area contributed by atoms with Crippen LogP contribution in [0.3, 0.4) is 0 Å². The molecule has 0 saturated carbocycles. The highest BCUT2D eigenvalue weighted by molar-refractivity contribution is 5.49. The molecule has 0 radical (unpaired) electrons. The smallest absolute Gasteiger partial charge is 0.143 e. The molecular weight excluding hydrogens is 530 g/mol. The number of hydrogen-bond acceptors (Lipinski definition) is 0. The van der Waals surface area contributed by atoms with Gasteiger partial charge in [0.25, 0.3) is 0 Å². The number of halogens is 2. The third-order valence-corrected chi connectivity index (χ3v) is 8.02. The number of unbranched alkanes of at least 4 members (excludes halogenated alkanes) is 13. The predicted octanol–water partition coefficient (Wildman–Crippen LogP) is 11.7. The molecular formula is C41H50F2. The van der Waals surface area contributed by atoms with Gasteiger partial charge >= 0.3 is 0 Å². The van der Waals surface area contributed by atoms with Crippen molar-refractivity contribution in [2.75, 3.05) is 0 Å². The minimum Gasteiger partial charge on any atom is -0.205 e. The largest absolute Gasteiger partial charge is 0.205 e. The fraction of sp³-hybridized carbons (Fsp3) is 0.463. The Bertz CT molecular complexity index is 1300. The van der Waals surface area contributed by atoms with E-state index in [9.17, 15) is 8.78 Å². The highest BCUT2D eigenvalue weighted by atomic mass is 19.1. The van der Waals surface area contributed by atoms with Gasteiger partial charge in [-0.15, -0.1) is 0 Å². The summed E-state index contributed by atoms with van der Waals surface area (Å²) in [4.78, 5) is 0. The second kappa shape index (κ2) is 20.5. The van der Waals surface area contributed by atoms with Crippen molar-refractivity contribution in [1.29, 1.82) is 0 Å². The summed E-state index contributed by atoms with van der Waals surface area (Å²) in [7, 11) is 0. The van der Waals surface area contributed by atoms with E-state index in [1.165, 1.54) is 120 Å². The molecule has 0 aliphatic rings. The average molecular weight is 581 g/mol. The van der Waals surface area contributed by atoms with Crippen molar-refractivity contribution in [3.8, 4) is 23.7 Å². The van der Waals surface area contributed by atoms with Gasteiger partial charge in [-0.2, -0.15) is 0 Å². The Balaban J connectivity index is 1.47. The number of hydrogen-bond donors (Lipinski definition) is 0. The fourth-order valence-electron chi connectivity index (χ4n) is 5.30. The topological polar surface area (TPSA) is 0 Å². The Hall–Kier alpha value is -3.36. The second-order valence-corrected chi connectivity index (χ2v) is 11.8. The van der Waals surface area contributed by atoms with E-state index in [2.05, 4.69) is 61.8 Å². The van der Waals surface area contributed by atoms with Gasteiger partial charge in [0.05, 0.1) is 5.56 Å². The molecule has 2 heteroatoms. The van der Waals surface area contributed by atoms with E-state index in [1.807, 2.05) is 24.3 Å². The van der Waals surface area contributed by atoms with E-state index in [0.29, 0.717) is 5.56 Å². The molecule has 0 atom stereocenters. The van der Waals surface area contributed by atoms with Gasteiger partial charge in [0.1, 0.15) is 11.6 Å². The van der Waals surface area contributed by atoms with E-state index < -0.39 is 11.6 Å². The summed E-state index contributed by atoms with van der Waals surface area (Å²) >= 11 is 0. The Morgan fingerprint density at radius 3 is 1.19 bits per heavy atom. The van der Waals surface area contributed by atoms with Gasteiger partial charge in [0.15, 0.2) is 0 Å². The summed E-state index contributed by atoms with van der Waals surface area (Å²) in [6.45, 7) is 4.49. The van der Waals surface area contributed by atoms with Crippen molar-refractivity contribution in [2.45, 2.75) is 123 Å². The molecule has 0 unspecified atom stereocenters. The molecule has 43 heavy (non-hydrogen) atoms. The Kier molecular flexibility index (Phi) is 16.3. The van der Waals surface area contributed by atoms with Gasteiger partial charge in [-0.25, -0.2) is 8.78 Å². The average Bonchev–Trinajstić information content (AvgIpc) is 3.01. The molecule has 0 saturated heterocycles. The van der Waals surface area contributed by atoms with E-state index in [1.54, 1.807) is 0 Å². The summed E-state index contributed by atoms with van der Waals surface area (Å²) in [5, 5.41) is 0. The third kappa shape index (κ3) is 13.7. The maximum absolute atomic E-state index is 14.8. The van der Waals surface area contributed by atoms with Gasteiger partial charge in [0.2, 0.25) is 0 Å². The van der Waals surface area contributed by atoms with Gasteiger partial charge in [-0.1, -0.05) is 145 Å². The van der Waals surface area contributed by atoms with Gasteiger partial charge < -0.3 is 0 Å². The van der Waals surface area contributed by atoms with Crippen molar-refractivity contribution < 1.29 is 8.78 Å². The second-order valence-electron chi connectivity index (χ2n) is 11.8. The monoisotopic (exact) mass is 580 g/mol. The van der Waals surface area contributed by atoms with E-state index in [-0.39, 0.29) is 5.56 Å². The van der Waals surface area contributed by atoms with E-state index in [0.717, 1.165) is 24.0 Å². The van der Waals surface area contributed by atoms with E-state index in [4.69, 9.17) is 0 Å². The lowest BCUT2D eigenvalue weighted by molar-refractivity contribution is 0.575. The summed E-state index contributed by atoms with van der Waals surface area (Å²) in [5.74, 6) is 10.2. The van der Waals surface area contributed by atoms with E-state index >= 15 is 0 Å². The number of rotatable bonds is 17. The Labute approximate surface area is 260 Å². The maximum Gasteiger partial charge on any atom is 0.143 e. The lowest BCUT2D eigenvalue weighted by Crippen LogP contribution is -1.93. The zero-order valence-corrected chi connectivity index (χ0v) is 26.6. The summed E-state index contributed by atoms with van der Waals surface area (Å²) in [5.41, 5.74) is 4.25. The molecule has 0 nitrogen and oxygen atoms in total. The molecule has 0 aliphatic heterocycles. The molecule has 0 N–H and O–H groups in total. The highest BCUT2D eigenvalue weighted by Crippen LogP contribution is 2.16. The van der Waals surface area contributed by atoms with Crippen LogP contribution in [0.25, 0.3) is 0 Å². The van der Waals surface area contributed by atoms with Crippen molar-refractivity contribution in [1.82, 2.24) is 0 Å². The van der Waals surface area contributed by atoms with Crippen LogP contribution in [0.4, 0.5) is 8.78 Å². The first-order valence-corrected chi connectivity index (χ1v) is 16.8. The normalized spacial score (nSPS) is 10.6. The predicted molar refractivity (Wildman–Crippen MR) is 179 cm³/mol. The first kappa shape index (κ1) is 34.1. The van der Waals surface area contributed by atoms with Crippen LogP contribution < -0.4 is 0 Å². The molecule has 0 fully saturated rings. The SMILES string of the molecule is CCCCCCCCCCc1ccc(C#Cc2c(F)cc(C#Cc3ccc(CCCCCCCCC)cc3)cc2F)cc1. The van der Waals surface area contributed by atoms with Crippen LogP contribution in [0.2, 0.25) is 0 Å². The zero-order valence-electron chi connectivity index (χ0n) is 26.6. The van der Waals surface area contributed by atoms with Gasteiger partial charge in [-0.3, -0.25) is 0 Å². The van der Waals surface area contributed by atoms with Gasteiger partial charge in [0, 0.05) is 16.7 Å². The summed E-state index contributed by atoms with van der Waals surface area (Å²) in [6.07, 6.45) is 21.7. The zero-order chi connectivity index (χ0) is 30.5. The quantitative estimate of drug-likeness (QED) is 0.110. The third-order valence-electron chi connectivity index (χ3n) is 8.02. The van der Waals surface area contributed by atoms with Crippen LogP contribution in [-0.2, 0) is 12.8 Å². The molecule has 3 rings (SSSR count). The number of aryl methyl sites for hydroxylation is 2. The molecule has 0 spiro atoms. The molecule has 3 aromatic rings. The van der Waals surface area contributed by atoms with Crippen LogP contribution in [-0.4, -0.2) is 0 Å². The molecule has 228 valence electrons. The lowest BCUT2D eigenvalue weighted by atomic mass is 10.0. The number of benzene rings is 3. The van der Waals surface area contributed by atoms with Crippen molar-refractivity contribution in [3.05, 3.63) is 106 Å². The lowest BCUT2D eigenvalue weighted by Gasteiger charge is -2.03. The fourth-order valence-corrected chi connectivity index (χ4v) is 5.30.